The van der Waals surface area contributed by atoms with Gasteiger partial charge in [-0.25, -0.2) is 4.99 Å². The third-order valence-corrected chi connectivity index (χ3v) is 9.20. The van der Waals surface area contributed by atoms with Gasteiger partial charge in [-0.3, -0.25) is 0 Å². The summed E-state index contributed by atoms with van der Waals surface area (Å²) < 4.78 is 6.73. The van der Waals surface area contributed by atoms with Crippen molar-refractivity contribution in [2.24, 2.45) is 22.7 Å². The van der Waals surface area contributed by atoms with Gasteiger partial charge >= 0.3 is 0 Å². The fraction of sp³-hybridized carbons (Fsp3) is 0.909. The van der Waals surface area contributed by atoms with Crippen LogP contribution in [0.25, 0.3) is 0 Å². The Bertz CT molecular complexity index is 650. The van der Waals surface area contributed by atoms with Gasteiger partial charge in [-0.2, -0.15) is 7.05 Å². The Morgan fingerprint density at radius 1 is 1.18 bits per heavy atom. The summed E-state index contributed by atoms with van der Waals surface area (Å²) in [5.74, 6) is 0.957. The van der Waals surface area contributed by atoms with E-state index in [2.05, 4.69) is 50.2 Å². The summed E-state index contributed by atoms with van der Waals surface area (Å²) in [5.41, 5.74) is -1.40. The van der Waals surface area contributed by atoms with Gasteiger partial charge in [0, 0.05) is 12.3 Å². The van der Waals surface area contributed by atoms with E-state index in [0.717, 1.165) is 38.5 Å². The van der Waals surface area contributed by atoms with Crippen molar-refractivity contribution in [3.8, 4) is 0 Å². The second-order valence-electron chi connectivity index (χ2n) is 10.7. The highest BCUT2D eigenvalue weighted by Crippen LogP contribution is 2.57. The number of fused-ring (bicyclic) bond motifs is 1. The maximum absolute atomic E-state index is 11.0. The molecule has 3 rings (SSSR count). The van der Waals surface area contributed by atoms with Gasteiger partial charge in [0.25, 0.3) is 0 Å². The number of isothiocyanates is 1. The fourth-order valence-corrected chi connectivity index (χ4v) is 6.98. The normalized spacial score (nSPS) is 49.4. The molecule has 3 fully saturated rings. The molecule has 1 saturated heterocycles. The largest absolute Gasteiger partial charge is 0.474 e. The van der Waals surface area contributed by atoms with E-state index in [0.29, 0.717) is 11.8 Å². The number of aliphatic imine (C=N–C) groups is 1. The first-order valence-corrected chi connectivity index (χ1v) is 11.5. The van der Waals surface area contributed by atoms with Crippen molar-refractivity contribution in [3.05, 3.63) is 7.05 Å². The van der Waals surface area contributed by atoms with Crippen LogP contribution >= 0.6 is 23.8 Å². The summed E-state index contributed by atoms with van der Waals surface area (Å²) in [7, 11) is 4.15. The number of hydrogen-bond donors (Lipinski definition) is 2. The van der Waals surface area contributed by atoms with E-state index in [1.165, 1.54) is 0 Å². The molecular weight excluding hydrogens is 392 g/mol. The third kappa shape index (κ3) is 3.72. The van der Waals surface area contributed by atoms with Crippen molar-refractivity contribution in [1.29, 1.82) is 0 Å². The minimum atomic E-state index is -0.838. The zero-order valence-corrected chi connectivity index (χ0v) is 19.6. The maximum Gasteiger partial charge on any atom is 0.0915 e. The summed E-state index contributed by atoms with van der Waals surface area (Å²) in [4.78, 5) is 4.37. The Balaban J connectivity index is 1.92. The number of halogens is 1. The Hall–Kier alpha value is -0.0300. The summed E-state index contributed by atoms with van der Waals surface area (Å²) in [6.45, 7) is 10.6. The monoisotopic (exact) mass is 428 g/mol. The molecule has 0 amide bonds. The van der Waals surface area contributed by atoms with Crippen molar-refractivity contribution < 1.29 is 15.2 Å². The fourth-order valence-electron chi connectivity index (χ4n) is 6.28. The molecule has 0 spiro atoms. The average Bonchev–Trinajstić information content (AvgIpc) is 3.03. The number of hydrogen-bond acceptors (Lipinski definition) is 4. The number of rotatable bonds is 4. The molecule has 8 atom stereocenters. The molecule has 1 aliphatic heterocycles. The minimum Gasteiger partial charge on any atom is -0.474 e. The van der Waals surface area contributed by atoms with E-state index in [1.807, 2.05) is 6.92 Å². The lowest BCUT2D eigenvalue weighted by Gasteiger charge is -2.58. The zero-order valence-electron chi connectivity index (χ0n) is 18.0. The molecule has 0 unspecified atom stereocenters. The number of thiocarbonyl (C=S) groups is 1. The molecule has 3 aliphatic rings. The smallest absolute Gasteiger partial charge is 0.0915 e. The molecule has 0 aromatic heterocycles. The van der Waals surface area contributed by atoms with Crippen molar-refractivity contribution in [2.45, 2.75) is 107 Å². The predicted octanol–water partition coefficient (Wildman–Crippen LogP) is 3.71. The predicted molar refractivity (Wildman–Crippen MR) is 117 cm³/mol. The van der Waals surface area contributed by atoms with E-state index in [4.69, 9.17) is 28.6 Å². The molecular formula is C22H37ClN2O2S. The number of aliphatic hydroxyl groups is 1. The van der Waals surface area contributed by atoms with Crippen LogP contribution in [0.15, 0.2) is 4.99 Å². The molecule has 3 N–H and O–H groups in total. The van der Waals surface area contributed by atoms with Gasteiger partial charge in [0.15, 0.2) is 0 Å². The molecule has 0 radical (unpaired) electrons. The van der Waals surface area contributed by atoms with Crippen LogP contribution in [0.4, 0.5) is 0 Å². The molecule has 0 aromatic carbocycles. The number of quaternary nitrogens is 1. The van der Waals surface area contributed by atoms with Crippen LogP contribution in [-0.4, -0.2) is 44.0 Å². The van der Waals surface area contributed by atoms with Gasteiger partial charge in [0.1, 0.15) is 0 Å². The van der Waals surface area contributed by atoms with Crippen LogP contribution < -0.4 is 5.32 Å². The van der Waals surface area contributed by atoms with Crippen LogP contribution in [-0.2, 0) is 4.74 Å². The summed E-state index contributed by atoms with van der Waals surface area (Å²) in [6.07, 6.45) is 5.84. The van der Waals surface area contributed by atoms with Crippen molar-refractivity contribution in [1.82, 2.24) is 0 Å². The SMILES string of the molecule is [CH2-][NH2+][C@@]1(C)CC[C@H]([C@@]2(C)CC[C@@H](C(C)(C)N=C=S)O2)[C@H]2[C@@H](Cl)[C@](C)(O)CC[C@@H]21. The van der Waals surface area contributed by atoms with Crippen LogP contribution in [0.3, 0.4) is 0 Å². The van der Waals surface area contributed by atoms with Crippen molar-refractivity contribution >= 4 is 29.0 Å². The highest BCUT2D eigenvalue weighted by atomic mass is 35.5. The Morgan fingerprint density at radius 3 is 2.43 bits per heavy atom. The molecule has 2 aliphatic carbocycles. The van der Waals surface area contributed by atoms with Gasteiger partial charge < -0.3 is 15.2 Å². The van der Waals surface area contributed by atoms with E-state index in [1.54, 1.807) is 0 Å². The molecule has 160 valence electrons. The first-order chi connectivity index (χ1) is 12.9. The standard InChI is InChI=1S/C22H37ClN2O2S/c1-19(2,25-13-28)16-9-12-22(5,27-16)15-7-10-20(3,24-6)14-8-11-21(4,26)18(23)17(14)15/h14-18,26H,6-12,24H2,1-5H3/t14-,15-,16-,17-,18+,20-,21+,22+/m0/s1. The Kier molecular flexibility index (Phi) is 6.14. The summed E-state index contributed by atoms with van der Waals surface area (Å²) >= 11 is 11.8. The second-order valence-corrected chi connectivity index (χ2v) is 11.3. The summed E-state index contributed by atoms with van der Waals surface area (Å²) in [6, 6.07) is 0. The molecule has 0 aromatic rings. The quantitative estimate of drug-likeness (QED) is 0.310. The van der Waals surface area contributed by atoms with Gasteiger partial charge in [0.2, 0.25) is 0 Å². The van der Waals surface area contributed by atoms with E-state index < -0.39 is 5.60 Å². The van der Waals surface area contributed by atoms with Crippen molar-refractivity contribution in [2.75, 3.05) is 0 Å². The summed E-state index contributed by atoms with van der Waals surface area (Å²) in [5, 5.41) is 15.4. The first kappa shape index (κ1) is 22.7. The van der Waals surface area contributed by atoms with Gasteiger partial charge in [-0.1, -0.05) is 0 Å². The molecule has 0 bridgehead atoms. The van der Waals surface area contributed by atoms with E-state index in [9.17, 15) is 5.11 Å². The van der Waals surface area contributed by atoms with Gasteiger partial charge in [-0.05, 0) is 90.8 Å². The topological polar surface area (TPSA) is 58.4 Å². The van der Waals surface area contributed by atoms with Gasteiger partial charge in [-0.15, -0.1) is 11.6 Å². The number of nitrogens with two attached hydrogens (primary N) is 1. The Morgan fingerprint density at radius 2 is 1.82 bits per heavy atom. The highest BCUT2D eigenvalue weighted by molar-refractivity contribution is 7.78. The minimum absolute atomic E-state index is 0.0250. The molecule has 4 nitrogen and oxygen atoms in total. The second kappa shape index (κ2) is 7.59. The highest BCUT2D eigenvalue weighted by Gasteiger charge is 2.61. The maximum atomic E-state index is 11.0. The molecule has 28 heavy (non-hydrogen) atoms. The van der Waals surface area contributed by atoms with E-state index in [-0.39, 0.29) is 34.1 Å². The lowest BCUT2D eigenvalue weighted by Crippen LogP contribution is -2.94. The van der Waals surface area contributed by atoms with Gasteiger partial charge in [0.05, 0.1) is 38.9 Å². The molecule has 6 heteroatoms. The average molecular weight is 429 g/mol. The lowest BCUT2D eigenvalue weighted by molar-refractivity contribution is -0.688. The first-order valence-electron chi connectivity index (χ1n) is 10.7. The van der Waals surface area contributed by atoms with Crippen LogP contribution in [0.2, 0.25) is 0 Å². The van der Waals surface area contributed by atoms with E-state index >= 15 is 0 Å². The Labute approximate surface area is 180 Å². The number of alkyl halides is 1. The van der Waals surface area contributed by atoms with Crippen molar-refractivity contribution in [3.63, 3.8) is 0 Å². The van der Waals surface area contributed by atoms with Crippen LogP contribution in [0.5, 0.6) is 0 Å². The number of nitrogens with zero attached hydrogens (tertiary/aromatic N) is 1. The van der Waals surface area contributed by atoms with Crippen LogP contribution in [0, 0.1) is 24.8 Å². The lowest BCUT2D eigenvalue weighted by atomic mass is 9.52. The third-order valence-electron chi connectivity index (χ3n) is 8.35. The number of ether oxygens (including phenoxy) is 1. The zero-order chi connectivity index (χ0) is 21.0. The molecule has 2 saturated carbocycles. The molecule has 1 heterocycles. The van der Waals surface area contributed by atoms with Crippen LogP contribution in [0.1, 0.15) is 73.1 Å².